The summed E-state index contributed by atoms with van der Waals surface area (Å²) < 4.78 is 6.73. The van der Waals surface area contributed by atoms with Gasteiger partial charge in [-0.2, -0.15) is 0 Å². The first kappa shape index (κ1) is 14.9. The number of rotatable bonds is 8. The van der Waals surface area contributed by atoms with Gasteiger partial charge in [0.1, 0.15) is 0 Å². The molecule has 112 valence electrons. The van der Waals surface area contributed by atoms with Crippen molar-refractivity contribution in [2.45, 2.75) is 19.5 Å². The highest BCUT2D eigenvalue weighted by molar-refractivity contribution is 5.48. The molecule has 0 radical (unpaired) electrons. The largest absolute Gasteiger partial charge is 0.490 e. The van der Waals surface area contributed by atoms with Crippen LogP contribution in [0.15, 0.2) is 30.6 Å². The number of benzene rings is 1. The predicted octanol–water partition coefficient (Wildman–Crippen LogP) is 1.37. The van der Waals surface area contributed by atoms with Gasteiger partial charge in [0.2, 0.25) is 0 Å². The van der Waals surface area contributed by atoms with Crippen LogP contribution < -0.4 is 10.1 Å². The van der Waals surface area contributed by atoms with E-state index in [9.17, 15) is 10.1 Å². The monoisotopic (exact) mass is 291 g/mol. The van der Waals surface area contributed by atoms with Crippen LogP contribution in [0.4, 0.5) is 5.69 Å². The van der Waals surface area contributed by atoms with Crippen LogP contribution in [0.5, 0.6) is 5.75 Å². The molecule has 0 aliphatic rings. The summed E-state index contributed by atoms with van der Waals surface area (Å²) in [5.74, 6) is 0.273. The summed E-state index contributed by atoms with van der Waals surface area (Å²) in [6.45, 7) is 2.15. The van der Waals surface area contributed by atoms with Crippen LogP contribution in [0.2, 0.25) is 0 Å². The number of nitrogens with one attached hydrogen (secondary N) is 1. The van der Waals surface area contributed by atoms with Crippen molar-refractivity contribution < 1.29 is 9.66 Å². The number of nitro groups is 1. The fourth-order valence-corrected chi connectivity index (χ4v) is 1.94. The van der Waals surface area contributed by atoms with Gasteiger partial charge in [0.15, 0.2) is 5.75 Å². The third-order valence-corrected chi connectivity index (χ3v) is 2.98. The van der Waals surface area contributed by atoms with E-state index in [-0.39, 0.29) is 11.4 Å². The predicted molar refractivity (Wildman–Crippen MR) is 76.0 cm³/mol. The molecule has 1 aromatic carbocycles. The molecule has 8 nitrogen and oxygen atoms in total. The molecular weight excluding hydrogens is 274 g/mol. The number of aryl methyl sites for hydroxylation is 1. The number of ether oxygens (including phenoxy) is 1. The van der Waals surface area contributed by atoms with Gasteiger partial charge in [-0.25, -0.2) is 0 Å². The van der Waals surface area contributed by atoms with Gasteiger partial charge in [-0.3, -0.25) is 14.8 Å². The topological polar surface area (TPSA) is 95.1 Å². The highest BCUT2D eigenvalue weighted by Crippen LogP contribution is 2.27. The van der Waals surface area contributed by atoms with Crippen LogP contribution in [-0.4, -0.2) is 33.6 Å². The minimum atomic E-state index is -0.437. The van der Waals surface area contributed by atoms with Crippen molar-refractivity contribution in [3.63, 3.8) is 0 Å². The maximum Gasteiger partial charge on any atom is 0.311 e. The first-order valence-electron chi connectivity index (χ1n) is 6.57. The summed E-state index contributed by atoms with van der Waals surface area (Å²) in [5.41, 5.74) is 0.836. The fraction of sp³-hybridized carbons (Fsp3) is 0.385. The molecule has 8 heteroatoms. The van der Waals surface area contributed by atoms with E-state index in [0.717, 1.165) is 25.1 Å². The van der Waals surface area contributed by atoms with E-state index in [1.165, 1.54) is 13.2 Å². The third-order valence-electron chi connectivity index (χ3n) is 2.98. The highest BCUT2D eigenvalue weighted by Gasteiger charge is 2.14. The number of methoxy groups -OCH3 is 1. The van der Waals surface area contributed by atoms with Crippen LogP contribution in [0.3, 0.4) is 0 Å². The Labute approximate surface area is 121 Å². The van der Waals surface area contributed by atoms with E-state index in [4.69, 9.17) is 4.74 Å². The van der Waals surface area contributed by atoms with Gasteiger partial charge in [-0.05, 0) is 24.6 Å². The number of hydrogen-bond donors (Lipinski definition) is 1. The van der Waals surface area contributed by atoms with Gasteiger partial charge in [-0.1, -0.05) is 11.3 Å². The zero-order chi connectivity index (χ0) is 15.1. The Hall–Kier alpha value is -2.48. The van der Waals surface area contributed by atoms with Gasteiger partial charge in [0, 0.05) is 25.4 Å². The Kier molecular flexibility index (Phi) is 5.22. The molecule has 0 spiro atoms. The molecule has 2 rings (SSSR count). The average Bonchev–Trinajstić information content (AvgIpc) is 3.00. The molecule has 21 heavy (non-hydrogen) atoms. The standard InChI is InChI=1S/C13H17N5O3/c1-21-13-4-3-11(9-12(13)18(19)20)10-14-5-2-7-17-8-6-15-16-17/h3-4,6,8-9,14H,2,5,7,10H2,1H3. The van der Waals surface area contributed by atoms with Crippen molar-refractivity contribution in [2.75, 3.05) is 13.7 Å². The van der Waals surface area contributed by atoms with E-state index in [1.807, 2.05) is 12.3 Å². The lowest BCUT2D eigenvalue weighted by atomic mass is 10.2. The van der Waals surface area contributed by atoms with Crippen molar-refractivity contribution in [3.8, 4) is 5.75 Å². The minimum absolute atomic E-state index is 0.0144. The molecule has 1 N–H and O–H groups in total. The quantitative estimate of drug-likeness (QED) is 0.448. The number of nitrogens with zero attached hydrogens (tertiary/aromatic N) is 4. The average molecular weight is 291 g/mol. The molecule has 0 saturated carbocycles. The van der Waals surface area contributed by atoms with Crippen LogP contribution in [0.25, 0.3) is 0 Å². The number of nitro benzene ring substituents is 1. The van der Waals surface area contributed by atoms with E-state index < -0.39 is 4.92 Å². The second kappa shape index (κ2) is 7.34. The highest BCUT2D eigenvalue weighted by atomic mass is 16.6. The van der Waals surface area contributed by atoms with Gasteiger partial charge in [0.25, 0.3) is 0 Å². The van der Waals surface area contributed by atoms with Crippen molar-refractivity contribution in [1.29, 1.82) is 0 Å². The molecule has 0 amide bonds. The Balaban J connectivity index is 1.80. The normalized spacial score (nSPS) is 10.5. The lowest BCUT2D eigenvalue weighted by Crippen LogP contribution is -2.16. The molecule has 0 bridgehead atoms. The lowest BCUT2D eigenvalue weighted by molar-refractivity contribution is -0.385. The molecule has 1 aromatic heterocycles. The number of hydrogen-bond acceptors (Lipinski definition) is 6. The van der Waals surface area contributed by atoms with Crippen molar-refractivity contribution >= 4 is 5.69 Å². The molecule has 2 aromatic rings. The maximum atomic E-state index is 10.9. The van der Waals surface area contributed by atoms with E-state index in [1.54, 1.807) is 16.9 Å². The van der Waals surface area contributed by atoms with Gasteiger partial charge in [0.05, 0.1) is 18.2 Å². The summed E-state index contributed by atoms with van der Waals surface area (Å²) in [5, 5.41) is 21.8. The molecule has 0 aliphatic heterocycles. The van der Waals surface area contributed by atoms with Crippen molar-refractivity contribution in [1.82, 2.24) is 20.3 Å². The lowest BCUT2D eigenvalue weighted by Gasteiger charge is -2.07. The molecule has 0 unspecified atom stereocenters. The second-order valence-electron chi connectivity index (χ2n) is 4.46. The van der Waals surface area contributed by atoms with Gasteiger partial charge in [-0.15, -0.1) is 5.10 Å². The van der Waals surface area contributed by atoms with Crippen molar-refractivity contribution in [3.05, 3.63) is 46.3 Å². The molecule has 0 saturated heterocycles. The van der Waals surface area contributed by atoms with E-state index in [0.29, 0.717) is 6.54 Å². The minimum Gasteiger partial charge on any atom is -0.490 e. The SMILES string of the molecule is COc1ccc(CNCCCn2ccnn2)cc1[N+](=O)[O-]. The summed E-state index contributed by atoms with van der Waals surface area (Å²) >= 11 is 0. The Morgan fingerprint density at radius 3 is 3.00 bits per heavy atom. The Morgan fingerprint density at radius 1 is 1.48 bits per heavy atom. The molecule has 1 heterocycles. The molecule has 0 fully saturated rings. The Morgan fingerprint density at radius 2 is 2.33 bits per heavy atom. The maximum absolute atomic E-state index is 10.9. The van der Waals surface area contributed by atoms with Gasteiger partial charge < -0.3 is 10.1 Å². The third kappa shape index (κ3) is 4.25. The summed E-state index contributed by atoms with van der Waals surface area (Å²) in [7, 11) is 1.42. The van der Waals surface area contributed by atoms with Crippen LogP contribution in [0.1, 0.15) is 12.0 Å². The van der Waals surface area contributed by atoms with Crippen molar-refractivity contribution in [2.24, 2.45) is 0 Å². The van der Waals surface area contributed by atoms with Crippen LogP contribution in [0, 0.1) is 10.1 Å². The Bertz CT molecular complexity index is 585. The first-order valence-corrected chi connectivity index (χ1v) is 6.57. The van der Waals surface area contributed by atoms with E-state index in [2.05, 4.69) is 15.6 Å². The zero-order valence-electron chi connectivity index (χ0n) is 11.7. The summed E-state index contributed by atoms with van der Waals surface area (Å²) in [6, 6.07) is 4.96. The first-order chi connectivity index (χ1) is 10.2. The van der Waals surface area contributed by atoms with Gasteiger partial charge >= 0.3 is 5.69 Å². The second-order valence-corrected chi connectivity index (χ2v) is 4.46. The summed E-state index contributed by atoms with van der Waals surface area (Å²) in [4.78, 5) is 10.5. The van der Waals surface area contributed by atoms with E-state index >= 15 is 0 Å². The summed E-state index contributed by atoms with van der Waals surface area (Å²) in [6.07, 6.45) is 4.36. The molecule has 0 aliphatic carbocycles. The molecule has 0 atom stereocenters. The zero-order valence-corrected chi connectivity index (χ0v) is 11.7. The smallest absolute Gasteiger partial charge is 0.311 e. The van der Waals surface area contributed by atoms with Crippen LogP contribution >= 0.6 is 0 Å². The van der Waals surface area contributed by atoms with Crippen LogP contribution in [-0.2, 0) is 13.1 Å². The number of aromatic nitrogens is 3. The molecular formula is C13H17N5O3. The fourth-order valence-electron chi connectivity index (χ4n) is 1.94.